The first-order valence-corrected chi connectivity index (χ1v) is 2.13. The molecule has 40 valence electrons. The Morgan fingerprint density at radius 1 is 1.00 bits per heavy atom. The van der Waals surface area contributed by atoms with Crippen molar-refractivity contribution in [1.82, 2.24) is 0 Å². The molecule has 0 saturated heterocycles. The summed E-state index contributed by atoms with van der Waals surface area (Å²) >= 11 is 0. The van der Waals surface area contributed by atoms with Gasteiger partial charge in [-0.25, -0.2) is 0 Å². The first-order valence-electron chi connectivity index (χ1n) is 2.13. The number of aliphatic hydroxyl groups excluding tert-OH is 2. The largest absolute Gasteiger partial charge is 1.00 e. The Kier molecular flexibility index (Phi) is 15.5. The van der Waals surface area contributed by atoms with E-state index in [2.05, 4.69) is 0 Å². The zero-order valence-electron chi connectivity index (χ0n) is 5.72. The van der Waals surface area contributed by atoms with Crippen LogP contribution in [-0.4, -0.2) is 23.4 Å². The van der Waals surface area contributed by atoms with Gasteiger partial charge in [-0.1, -0.05) is 0 Å². The molecule has 0 heterocycles. The molecule has 0 atom stereocenters. The molecule has 0 fully saturated rings. The normalized spacial score (nSPS) is 7.71. The fourth-order valence-electron chi connectivity index (χ4n) is 0.224. The molecule has 2 N–H and O–H groups in total. The molecule has 0 saturated carbocycles. The number of hydrogen-bond donors (Lipinski definition) is 2. The Morgan fingerprint density at radius 2 is 1.29 bits per heavy atom. The van der Waals surface area contributed by atoms with Crippen LogP contribution in [0.1, 0.15) is 14.3 Å². The molecule has 0 amide bonds. The average Bonchev–Trinajstić information content (AvgIpc) is 1.61. The van der Waals surface area contributed by atoms with Gasteiger partial charge in [-0.05, 0) is 12.8 Å². The molecule has 0 unspecified atom stereocenters. The van der Waals surface area contributed by atoms with Crippen LogP contribution in [0.5, 0.6) is 0 Å². The fraction of sp³-hybridized carbons (Fsp3) is 1.00. The van der Waals surface area contributed by atoms with Crippen LogP contribution < -0.4 is 29.6 Å². The molecule has 0 bridgehead atoms. The molecular formula is C4H11NaO2. The molecule has 2 nitrogen and oxygen atoms in total. The van der Waals surface area contributed by atoms with E-state index in [-0.39, 0.29) is 44.2 Å². The van der Waals surface area contributed by atoms with Crippen molar-refractivity contribution in [3.63, 3.8) is 0 Å². The summed E-state index contributed by atoms with van der Waals surface area (Å²) in [4.78, 5) is 0. The Hall–Kier alpha value is 0.920. The van der Waals surface area contributed by atoms with Gasteiger partial charge in [-0.3, -0.25) is 0 Å². The summed E-state index contributed by atoms with van der Waals surface area (Å²) in [6, 6.07) is 0. The quantitative estimate of drug-likeness (QED) is 0.301. The molecule has 0 aliphatic carbocycles. The van der Waals surface area contributed by atoms with Crippen molar-refractivity contribution < 1.29 is 41.2 Å². The topological polar surface area (TPSA) is 40.5 Å². The van der Waals surface area contributed by atoms with Crippen LogP contribution in [0.2, 0.25) is 0 Å². The second-order valence-electron chi connectivity index (χ2n) is 1.15. The van der Waals surface area contributed by atoms with Crippen molar-refractivity contribution >= 4 is 0 Å². The predicted molar refractivity (Wildman–Crippen MR) is 24.5 cm³/mol. The van der Waals surface area contributed by atoms with E-state index in [9.17, 15) is 0 Å². The molecule has 0 aliphatic heterocycles. The maximum Gasteiger partial charge on any atom is 1.00 e. The first kappa shape index (κ1) is 10.8. The van der Waals surface area contributed by atoms with Gasteiger partial charge in [0.15, 0.2) is 0 Å². The number of aliphatic hydroxyl groups is 2. The third-order valence-electron chi connectivity index (χ3n) is 0.566. The Balaban J connectivity index is -0.000000125. The van der Waals surface area contributed by atoms with E-state index in [1.54, 1.807) is 0 Å². The molecule has 0 aromatic heterocycles. The number of rotatable bonds is 3. The van der Waals surface area contributed by atoms with E-state index in [0.29, 0.717) is 0 Å². The second kappa shape index (κ2) is 10.0. The van der Waals surface area contributed by atoms with Gasteiger partial charge in [-0.15, -0.1) is 0 Å². The Bertz CT molecular complexity index is 26.0. The minimum absolute atomic E-state index is 0. The molecule has 0 radical (unpaired) electrons. The van der Waals surface area contributed by atoms with E-state index >= 15 is 0 Å². The van der Waals surface area contributed by atoms with Gasteiger partial charge in [0.05, 0.1) is 0 Å². The van der Waals surface area contributed by atoms with Gasteiger partial charge in [-0.2, -0.15) is 0 Å². The molecule has 0 spiro atoms. The SMILES string of the molecule is OCCCCO.[H-].[Na+]. The third-order valence-corrected chi connectivity index (χ3v) is 0.566. The average molecular weight is 114 g/mol. The monoisotopic (exact) mass is 114 g/mol. The molecular weight excluding hydrogens is 103 g/mol. The predicted octanol–water partition coefficient (Wildman–Crippen LogP) is -3.13. The fourth-order valence-corrected chi connectivity index (χ4v) is 0.224. The maximum atomic E-state index is 8.09. The van der Waals surface area contributed by atoms with E-state index < -0.39 is 0 Å². The van der Waals surface area contributed by atoms with Crippen molar-refractivity contribution in [2.24, 2.45) is 0 Å². The van der Waals surface area contributed by atoms with Gasteiger partial charge < -0.3 is 11.6 Å². The maximum absolute atomic E-state index is 8.09. The van der Waals surface area contributed by atoms with Crippen molar-refractivity contribution in [2.75, 3.05) is 13.2 Å². The van der Waals surface area contributed by atoms with Crippen molar-refractivity contribution in [2.45, 2.75) is 12.8 Å². The Labute approximate surface area is 67.3 Å². The van der Waals surface area contributed by atoms with Crippen molar-refractivity contribution in [1.29, 1.82) is 0 Å². The summed E-state index contributed by atoms with van der Waals surface area (Å²) in [7, 11) is 0. The zero-order valence-corrected chi connectivity index (χ0v) is 6.72. The van der Waals surface area contributed by atoms with Gasteiger partial charge in [0.25, 0.3) is 0 Å². The first-order chi connectivity index (χ1) is 2.91. The van der Waals surface area contributed by atoms with E-state index in [1.165, 1.54) is 0 Å². The smallest absolute Gasteiger partial charge is 1.00 e. The summed E-state index contributed by atoms with van der Waals surface area (Å²) in [6.45, 7) is 0.390. The van der Waals surface area contributed by atoms with Crippen LogP contribution >= 0.6 is 0 Å². The molecule has 7 heavy (non-hydrogen) atoms. The van der Waals surface area contributed by atoms with E-state index in [1.807, 2.05) is 0 Å². The van der Waals surface area contributed by atoms with Crippen LogP contribution in [0, 0.1) is 0 Å². The van der Waals surface area contributed by atoms with Crippen LogP contribution in [0.25, 0.3) is 0 Å². The van der Waals surface area contributed by atoms with Crippen LogP contribution in [0.4, 0.5) is 0 Å². The van der Waals surface area contributed by atoms with Crippen molar-refractivity contribution in [3.05, 3.63) is 0 Å². The number of hydrogen-bond acceptors (Lipinski definition) is 2. The summed E-state index contributed by atoms with van der Waals surface area (Å²) < 4.78 is 0. The second-order valence-corrected chi connectivity index (χ2v) is 1.15. The molecule has 0 rings (SSSR count). The zero-order chi connectivity index (χ0) is 4.83. The molecule has 3 heteroatoms. The third kappa shape index (κ3) is 10.9. The summed E-state index contributed by atoms with van der Waals surface area (Å²) in [5.74, 6) is 0. The number of unbranched alkanes of at least 4 members (excludes halogenated alkanes) is 1. The summed E-state index contributed by atoms with van der Waals surface area (Å²) in [5.41, 5.74) is 0. The van der Waals surface area contributed by atoms with Crippen LogP contribution in [-0.2, 0) is 0 Å². The van der Waals surface area contributed by atoms with Gasteiger partial charge in [0.1, 0.15) is 0 Å². The molecule has 0 aliphatic rings. The van der Waals surface area contributed by atoms with Gasteiger partial charge in [0.2, 0.25) is 0 Å². The standard InChI is InChI=1S/C4H10O2.Na.H/c5-3-1-2-4-6;;/h5-6H,1-4H2;;/q;+1;-1. The van der Waals surface area contributed by atoms with E-state index in [4.69, 9.17) is 10.2 Å². The minimum Gasteiger partial charge on any atom is -1.00 e. The summed E-state index contributed by atoms with van der Waals surface area (Å²) in [6.07, 6.45) is 1.44. The van der Waals surface area contributed by atoms with Crippen LogP contribution in [0.3, 0.4) is 0 Å². The minimum atomic E-state index is 0. The van der Waals surface area contributed by atoms with Gasteiger partial charge in [0, 0.05) is 13.2 Å². The van der Waals surface area contributed by atoms with Gasteiger partial charge >= 0.3 is 29.6 Å². The summed E-state index contributed by atoms with van der Waals surface area (Å²) in [5, 5.41) is 16.2. The van der Waals surface area contributed by atoms with E-state index in [0.717, 1.165) is 12.8 Å². The Morgan fingerprint density at radius 3 is 1.43 bits per heavy atom. The molecule has 0 aromatic carbocycles. The molecule has 0 aromatic rings. The van der Waals surface area contributed by atoms with Crippen LogP contribution in [0.15, 0.2) is 0 Å². The van der Waals surface area contributed by atoms with Crippen molar-refractivity contribution in [3.8, 4) is 0 Å².